The standard InChI is InChI=1S/C13H17NO3/c15-9-10-5-7-14(8-6-10)13(17)11-3-1-2-4-12(11)16/h1-4,10,15-16H,5-9H2. The van der Waals surface area contributed by atoms with Crippen molar-refractivity contribution >= 4 is 5.91 Å². The summed E-state index contributed by atoms with van der Waals surface area (Å²) in [6, 6.07) is 6.60. The number of carbonyl (C=O) groups is 1. The highest BCUT2D eigenvalue weighted by Crippen LogP contribution is 2.22. The SMILES string of the molecule is O=C(c1ccccc1O)N1CCC(CO)CC1. The molecule has 1 saturated heterocycles. The predicted octanol–water partition coefficient (Wildman–Crippen LogP) is 1.24. The Morgan fingerprint density at radius 3 is 2.53 bits per heavy atom. The molecule has 0 aliphatic carbocycles. The van der Waals surface area contributed by atoms with Gasteiger partial charge in [0.15, 0.2) is 0 Å². The van der Waals surface area contributed by atoms with Gasteiger partial charge in [0.1, 0.15) is 5.75 Å². The van der Waals surface area contributed by atoms with Crippen molar-refractivity contribution in [3.05, 3.63) is 29.8 Å². The van der Waals surface area contributed by atoms with Gasteiger partial charge in [0.2, 0.25) is 0 Å². The van der Waals surface area contributed by atoms with Crippen LogP contribution < -0.4 is 0 Å². The van der Waals surface area contributed by atoms with Crippen molar-refractivity contribution < 1.29 is 15.0 Å². The normalized spacial score (nSPS) is 17.1. The summed E-state index contributed by atoms with van der Waals surface area (Å²) in [5, 5.41) is 18.7. The third-order valence-corrected chi connectivity index (χ3v) is 3.29. The summed E-state index contributed by atoms with van der Waals surface area (Å²) in [5.41, 5.74) is 0.356. The van der Waals surface area contributed by atoms with E-state index in [1.165, 1.54) is 6.07 Å². The third kappa shape index (κ3) is 2.58. The van der Waals surface area contributed by atoms with Crippen molar-refractivity contribution in [3.8, 4) is 5.75 Å². The smallest absolute Gasteiger partial charge is 0.257 e. The molecule has 0 radical (unpaired) electrons. The Hall–Kier alpha value is -1.55. The summed E-state index contributed by atoms with van der Waals surface area (Å²) in [7, 11) is 0. The second-order valence-corrected chi connectivity index (χ2v) is 4.44. The van der Waals surface area contributed by atoms with E-state index in [4.69, 9.17) is 5.11 Å². The number of rotatable bonds is 2. The highest BCUT2D eigenvalue weighted by atomic mass is 16.3. The first-order valence-electron chi connectivity index (χ1n) is 5.90. The minimum Gasteiger partial charge on any atom is -0.507 e. The Labute approximate surface area is 100 Å². The van der Waals surface area contributed by atoms with Gasteiger partial charge in [0, 0.05) is 19.7 Å². The first-order valence-corrected chi connectivity index (χ1v) is 5.90. The number of piperidine rings is 1. The van der Waals surface area contributed by atoms with Gasteiger partial charge >= 0.3 is 0 Å². The number of aliphatic hydroxyl groups excluding tert-OH is 1. The zero-order valence-electron chi connectivity index (χ0n) is 9.67. The fourth-order valence-electron chi connectivity index (χ4n) is 2.14. The first kappa shape index (κ1) is 11.9. The van der Waals surface area contributed by atoms with Crippen LogP contribution in [0, 0.1) is 5.92 Å². The molecule has 1 aliphatic rings. The monoisotopic (exact) mass is 235 g/mol. The number of nitrogens with zero attached hydrogens (tertiary/aromatic N) is 1. The second-order valence-electron chi connectivity index (χ2n) is 4.44. The number of hydrogen-bond donors (Lipinski definition) is 2. The number of amides is 1. The lowest BCUT2D eigenvalue weighted by molar-refractivity contribution is 0.0648. The molecular formula is C13H17NO3. The number of carbonyl (C=O) groups excluding carboxylic acids is 1. The molecule has 1 amide bonds. The maximum absolute atomic E-state index is 12.1. The van der Waals surface area contributed by atoms with Gasteiger partial charge in [-0.25, -0.2) is 0 Å². The minimum absolute atomic E-state index is 0.0294. The van der Waals surface area contributed by atoms with E-state index in [0.29, 0.717) is 24.6 Å². The Bertz CT molecular complexity index is 397. The third-order valence-electron chi connectivity index (χ3n) is 3.29. The van der Waals surface area contributed by atoms with E-state index in [2.05, 4.69) is 0 Å². The zero-order chi connectivity index (χ0) is 12.3. The summed E-state index contributed by atoms with van der Waals surface area (Å²) < 4.78 is 0. The second kappa shape index (κ2) is 5.19. The van der Waals surface area contributed by atoms with Gasteiger partial charge in [-0.15, -0.1) is 0 Å². The molecule has 0 atom stereocenters. The van der Waals surface area contributed by atoms with Crippen LogP contribution in [-0.4, -0.2) is 40.7 Å². The molecule has 0 saturated carbocycles. The van der Waals surface area contributed by atoms with Gasteiger partial charge in [-0.1, -0.05) is 12.1 Å². The van der Waals surface area contributed by atoms with E-state index in [0.717, 1.165) is 12.8 Å². The molecule has 92 valence electrons. The molecule has 1 aliphatic heterocycles. The van der Waals surface area contributed by atoms with Crippen LogP contribution >= 0.6 is 0 Å². The highest BCUT2D eigenvalue weighted by molar-refractivity contribution is 5.96. The Morgan fingerprint density at radius 2 is 1.94 bits per heavy atom. The molecule has 0 unspecified atom stereocenters. The van der Waals surface area contributed by atoms with Crippen molar-refractivity contribution in [1.29, 1.82) is 0 Å². The van der Waals surface area contributed by atoms with Crippen molar-refractivity contribution in [3.63, 3.8) is 0 Å². The fourth-order valence-corrected chi connectivity index (χ4v) is 2.14. The van der Waals surface area contributed by atoms with Crippen LogP contribution in [0.4, 0.5) is 0 Å². The maximum atomic E-state index is 12.1. The molecule has 1 heterocycles. The lowest BCUT2D eigenvalue weighted by atomic mass is 9.97. The van der Waals surface area contributed by atoms with E-state index in [1.807, 2.05) is 0 Å². The predicted molar refractivity (Wildman–Crippen MR) is 63.8 cm³/mol. The molecule has 0 spiro atoms. The first-order chi connectivity index (χ1) is 8.22. The van der Waals surface area contributed by atoms with E-state index in [-0.39, 0.29) is 18.3 Å². The quantitative estimate of drug-likeness (QED) is 0.810. The molecule has 0 aromatic heterocycles. The minimum atomic E-state index is -0.125. The van der Waals surface area contributed by atoms with Crippen molar-refractivity contribution in [1.82, 2.24) is 4.90 Å². The lowest BCUT2D eigenvalue weighted by Crippen LogP contribution is -2.39. The summed E-state index contributed by atoms with van der Waals surface area (Å²) in [4.78, 5) is 13.9. The van der Waals surface area contributed by atoms with Gasteiger partial charge in [0.25, 0.3) is 5.91 Å². The van der Waals surface area contributed by atoms with Gasteiger partial charge in [-0.3, -0.25) is 4.79 Å². The van der Waals surface area contributed by atoms with E-state index in [1.54, 1.807) is 23.1 Å². The summed E-state index contributed by atoms with van der Waals surface area (Å²) in [6.07, 6.45) is 1.66. The number of likely N-dealkylation sites (tertiary alicyclic amines) is 1. The highest BCUT2D eigenvalue weighted by Gasteiger charge is 2.24. The van der Waals surface area contributed by atoms with Gasteiger partial charge in [0.05, 0.1) is 5.56 Å². The van der Waals surface area contributed by atoms with Crippen molar-refractivity contribution in [2.45, 2.75) is 12.8 Å². The Balaban J connectivity index is 2.04. The van der Waals surface area contributed by atoms with E-state index >= 15 is 0 Å². The number of aliphatic hydroxyl groups is 1. The van der Waals surface area contributed by atoms with Crippen LogP contribution in [0.25, 0.3) is 0 Å². The van der Waals surface area contributed by atoms with E-state index in [9.17, 15) is 9.90 Å². The van der Waals surface area contributed by atoms with Crippen LogP contribution in [0.15, 0.2) is 24.3 Å². The number of benzene rings is 1. The Kier molecular flexibility index (Phi) is 3.64. The number of phenolic OH excluding ortho intramolecular Hbond substituents is 1. The van der Waals surface area contributed by atoms with Crippen LogP contribution in [0.1, 0.15) is 23.2 Å². The largest absolute Gasteiger partial charge is 0.507 e. The maximum Gasteiger partial charge on any atom is 0.257 e. The summed E-state index contributed by atoms with van der Waals surface area (Å²) in [5.74, 6) is 0.213. The molecular weight excluding hydrogens is 218 g/mol. The molecule has 1 aromatic rings. The van der Waals surface area contributed by atoms with Crippen LogP contribution in [0.5, 0.6) is 5.75 Å². The summed E-state index contributed by atoms with van der Waals surface area (Å²) in [6.45, 7) is 1.50. The van der Waals surface area contributed by atoms with Crippen LogP contribution in [0.3, 0.4) is 0 Å². The number of hydrogen-bond acceptors (Lipinski definition) is 3. The fraction of sp³-hybridized carbons (Fsp3) is 0.462. The van der Waals surface area contributed by atoms with Gasteiger partial charge in [-0.2, -0.15) is 0 Å². The summed E-state index contributed by atoms with van der Waals surface area (Å²) >= 11 is 0. The Morgan fingerprint density at radius 1 is 1.29 bits per heavy atom. The molecule has 2 N–H and O–H groups in total. The molecule has 0 bridgehead atoms. The van der Waals surface area contributed by atoms with Crippen molar-refractivity contribution in [2.75, 3.05) is 19.7 Å². The average Bonchev–Trinajstić information content (AvgIpc) is 2.39. The average molecular weight is 235 g/mol. The zero-order valence-corrected chi connectivity index (χ0v) is 9.67. The van der Waals surface area contributed by atoms with Crippen molar-refractivity contribution in [2.24, 2.45) is 5.92 Å². The lowest BCUT2D eigenvalue weighted by Gasteiger charge is -2.31. The van der Waals surface area contributed by atoms with Gasteiger partial charge in [-0.05, 0) is 30.9 Å². The van der Waals surface area contributed by atoms with Crippen LogP contribution in [-0.2, 0) is 0 Å². The number of para-hydroxylation sites is 1. The molecule has 2 rings (SSSR count). The molecule has 17 heavy (non-hydrogen) atoms. The number of phenols is 1. The molecule has 1 fully saturated rings. The molecule has 4 nitrogen and oxygen atoms in total. The van der Waals surface area contributed by atoms with Crippen LogP contribution in [0.2, 0.25) is 0 Å². The molecule has 4 heteroatoms. The van der Waals surface area contributed by atoms with Gasteiger partial charge < -0.3 is 15.1 Å². The van der Waals surface area contributed by atoms with E-state index < -0.39 is 0 Å². The number of aromatic hydroxyl groups is 1. The molecule has 1 aromatic carbocycles. The topological polar surface area (TPSA) is 60.8 Å².